The smallest absolute Gasteiger partial charge is 0.336 e. The van der Waals surface area contributed by atoms with Crippen LogP contribution in [-0.4, -0.2) is 11.1 Å². The maximum atomic E-state index is 11.1. The Morgan fingerprint density at radius 1 is 1.06 bits per heavy atom. The molecule has 1 unspecified atom stereocenters. The SMILES string of the molecule is O=C(O)c1cccc2c1POc1ccccc1-2. The van der Waals surface area contributed by atoms with E-state index in [-0.39, 0.29) is 8.81 Å². The first-order valence-electron chi connectivity index (χ1n) is 5.16. The van der Waals surface area contributed by atoms with Gasteiger partial charge in [-0.1, -0.05) is 30.3 Å². The van der Waals surface area contributed by atoms with E-state index in [0.29, 0.717) is 5.56 Å². The van der Waals surface area contributed by atoms with Crippen LogP contribution < -0.4 is 9.83 Å². The molecule has 2 aromatic rings. The standard InChI is InChI=1S/C13H9O3P/c14-13(15)10-6-3-5-9-8-4-1-2-7-11(8)16-17-12(9)10/h1-7,17H,(H,14,15). The van der Waals surface area contributed by atoms with E-state index in [1.54, 1.807) is 12.1 Å². The van der Waals surface area contributed by atoms with E-state index in [0.717, 1.165) is 22.2 Å². The molecular weight excluding hydrogens is 235 g/mol. The van der Waals surface area contributed by atoms with Gasteiger partial charge in [-0.05, 0) is 17.7 Å². The quantitative estimate of drug-likeness (QED) is 0.784. The van der Waals surface area contributed by atoms with Gasteiger partial charge in [-0.3, -0.25) is 0 Å². The monoisotopic (exact) mass is 244 g/mol. The Morgan fingerprint density at radius 3 is 2.65 bits per heavy atom. The lowest BCUT2D eigenvalue weighted by molar-refractivity contribution is 0.0698. The van der Waals surface area contributed by atoms with E-state index in [4.69, 9.17) is 9.63 Å². The Bertz CT molecular complexity index is 607. The zero-order valence-corrected chi connectivity index (χ0v) is 9.81. The second kappa shape index (κ2) is 3.86. The second-order valence-corrected chi connectivity index (χ2v) is 4.64. The van der Waals surface area contributed by atoms with E-state index in [1.807, 2.05) is 30.3 Å². The fourth-order valence-corrected chi connectivity index (χ4v) is 2.97. The summed E-state index contributed by atoms with van der Waals surface area (Å²) >= 11 is 0. The van der Waals surface area contributed by atoms with Gasteiger partial charge in [-0.2, -0.15) is 0 Å². The fraction of sp³-hybridized carbons (Fsp3) is 0. The number of carbonyl (C=O) groups is 1. The van der Waals surface area contributed by atoms with Crippen molar-refractivity contribution in [1.29, 1.82) is 0 Å². The Balaban J connectivity index is 2.27. The summed E-state index contributed by atoms with van der Waals surface area (Å²) in [6.45, 7) is 0. The molecule has 4 heteroatoms. The zero-order valence-electron chi connectivity index (χ0n) is 8.81. The second-order valence-electron chi connectivity index (χ2n) is 3.73. The molecule has 3 rings (SSSR count). The van der Waals surface area contributed by atoms with E-state index in [2.05, 4.69) is 0 Å². The number of aromatic carboxylic acids is 1. The van der Waals surface area contributed by atoms with E-state index < -0.39 is 5.97 Å². The summed E-state index contributed by atoms with van der Waals surface area (Å²) in [4.78, 5) is 11.1. The Morgan fingerprint density at radius 2 is 1.82 bits per heavy atom. The van der Waals surface area contributed by atoms with Crippen molar-refractivity contribution in [2.24, 2.45) is 0 Å². The molecule has 0 radical (unpaired) electrons. The summed E-state index contributed by atoms with van der Waals surface area (Å²) in [5.41, 5.74) is 2.25. The molecule has 1 aliphatic heterocycles. The van der Waals surface area contributed by atoms with Crippen molar-refractivity contribution < 1.29 is 14.4 Å². The first-order valence-corrected chi connectivity index (χ1v) is 6.07. The van der Waals surface area contributed by atoms with Gasteiger partial charge in [0.1, 0.15) is 14.6 Å². The number of para-hydroxylation sites is 1. The van der Waals surface area contributed by atoms with Gasteiger partial charge in [0.2, 0.25) is 0 Å². The van der Waals surface area contributed by atoms with Crippen molar-refractivity contribution in [3.8, 4) is 16.9 Å². The maximum Gasteiger partial charge on any atom is 0.336 e. The van der Waals surface area contributed by atoms with Crippen molar-refractivity contribution in [3.05, 3.63) is 48.0 Å². The topological polar surface area (TPSA) is 46.5 Å². The van der Waals surface area contributed by atoms with Crippen molar-refractivity contribution >= 4 is 20.1 Å². The predicted molar refractivity (Wildman–Crippen MR) is 67.4 cm³/mol. The highest BCUT2D eigenvalue weighted by atomic mass is 31.1. The van der Waals surface area contributed by atoms with E-state index in [9.17, 15) is 4.79 Å². The molecule has 1 atom stereocenters. The molecule has 3 nitrogen and oxygen atoms in total. The van der Waals surface area contributed by atoms with Crippen LogP contribution in [0.4, 0.5) is 0 Å². The molecule has 17 heavy (non-hydrogen) atoms. The van der Waals surface area contributed by atoms with Gasteiger partial charge in [0.25, 0.3) is 0 Å². The summed E-state index contributed by atoms with van der Waals surface area (Å²) in [5, 5.41) is 9.91. The summed E-state index contributed by atoms with van der Waals surface area (Å²) in [7, 11) is 0.0506. The average Bonchev–Trinajstić information content (AvgIpc) is 2.37. The van der Waals surface area contributed by atoms with Crippen LogP contribution in [0.3, 0.4) is 0 Å². The van der Waals surface area contributed by atoms with Gasteiger partial charge in [0.15, 0.2) is 0 Å². The molecular formula is C13H9O3P. The number of rotatable bonds is 1. The maximum absolute atomic E-state index is 11.1. The zero-order chi connectivity index (χ0) is 11.8. The van der Waals surface area contributed by atoms with E-state index >= 15 is 0 Å². The average molecular weight is 244 g/mol. The third-order valence-corrected chi connectivity index (χ3v) is 3.80. The first-order chi connectivity index (χ1) is 8.27. The number of carboxylic acid groups (broad SMARTS) is 1. The molecule has 0 aliphatic carbocycles. The first kappa shape index (κ1) is 10.3. The number of carboxylic acids is 1. The van der Waals surface area contributed by atoms with Crippen LogP contribution in [0.15, 0.2) is 42.5 Å². The van der Waals surface area contributed by atoms with Crippen LogP contribution in [0.25, 0.3) is 11.1 Å². The molecule has 0 saturated carbocycles. The third-order valence-electron chi connectivity index (χ3n) is 2.74. The lowest BCUT2D eigenvalue weighted by Gasteiger charge is -2.21. The highest BCUT2D eigenvalue weighted by molar-refractivity contribution is 7.43. The normalized spacial score (nSPS) is 13.6. The van der Waals surface area contributed by atoms with Gasteiger partial charge in [-0.15, -0.1) is 0 Å². The van der Waals surface area contributed by atoms with Crippen molar-refractivity contribution in [1.82, 2.24) is 0 Å². The molecule has 0 amide bonds. The van der Waals surface area contributed by atoms with Crippen LogP contribution in [0.5, 0.6) is 5.75 Å². The minimum absolute atomic E-state index is 0.0506. The molecule has 2 aromatic carbocycles. The molecule has 0 saturated heterocycles. The highest BCUT2D eigenvalue weighted by Crippen LogP contribution is 2.39. The van der Waals surface area contributed by atoms with E-state index in [1.165, 1.54) is 0 Å². The highest BCUT2D eigenvalue weighted by Gasteiger charge is 2.22. The van der Waals surface area contributed by atoms with Gasteiger partial charge in [0.05, 0.1) is 5.56 Å². The van der Waals surface area contributed by atoms with Crippen LogP contribution in [0.1, 0.15) is 10.4 Å². The Kier molecular flexibility index (Phi) is 2.34. The molecule has 1 N–H and O–H groups in total. The molecule has 1 heterocycles. The summed E-state index contributed by atoms with van der Waals surface area (Å²) in [6, 6.07) is 13.0. The van der Waals surface area contributed by atoms with Crippen LogP contribution in [0.2, 0.25) is 0 Å². The van der Waals surface area contributed by atoms with Crippen LogP contribution in [0, 0.1) is 0 Å². The van der Waals surface area contributed by atoms with Crippen LogP contribution in [-0.2, 0) is 0 Å². The minimum atomic E-state index is -0.905. The fourth-order valence-electron chi connectivity index (χ4n) is 1.95. The lowest BCUT2D eigenvalue weighted by atomic mass is 10.0. The molecule has 0 spiro atoms. The number of fused-ring (bicyclic) bond motifs is 3. The Hall–Kier alpha value is -1.86. The molecule has 84 valence electrons. The van der Waals surface area contributed by atoms with Gasteiger partial charge >= 0.3 is 5.97 Å². The number of benzene rings is 2. The molecule has 0 fully saturated rings. The lowest BCUT2D eigenvalue weighted by Crippen LogP contribution is -2.17. The summed E-state index contributed by atoms with van der Waals surface area (Å²) in [5.74, 6) is -0.0850. The third kappa shape index (κ3) is 1.60. The number of hydrogen-bond acceptors (Lipinski definition) is 2. The van der Waals surface area contributed by atoms with Crippen LogP contribution >= 0.6 is 8.81 Å². The minimum Gasteiger partial charge on any atom is -0.478 e. The van der Waals surface area contributed by atoms with Gasteiger partial charge < -0.3 is 9.63 Å². The van der Waals surface area contributed by atoms with Crippen molar-refractivity contribution in [2.45, 2.75) is 0 Å². The van der Waals surface area contributed by atoms with Gasteiger partial charge in [-0.25, -0.2) is 4.79 Å². The molecule has 0 aromatic heterocycles. The predicted octanol–water partition coefficient (Wildman–Crippen LogP) is 2.66. The summed E-state index contributed by atoms with van der Waals surface area (Å²) in [6.07, 6.45) is 0. The van der Waals surface area contributed by atoms with Crippen molar-refractivity contribution in [3.63, 3.8) is 0 Å². The largest absolute Gasteiger partial charge is 0.478 e. The molecule has 1 aliphatic rings. The van der Waals surface area contributed by atoms with Crippen molar-refractivity contribution in [2.75, 3.05) is 0 Å². The summed E-state index contributed by atoms with van der Waals surface area (Å²) < 4.78 is 5.61. The number of hydrogen-bond donors (Lipinski definition) is 1. The van der Waals surface area contributed by atoms with Gasteiger partial charge in [0, 0.05) is 10.9 Å². The Labute approximate surface area is 99.9 Å². The molecule has 0 bridgehead atoms.